The van der Waals surface area contributed by atoms with Crippen LogP contribution in [0.25, 0.3) is 0 Å². The van der Waals surface area contributed by atoms with E-state index in [-0.39, 0.29) is 5.60 Å². The molecule has 1 saturated heterocycles. The maximum absolute atomic E-state index is 5.75. The Morgan fingerprint density at radius 1 is 1.64 bits per heavy atom. The molecule has 0 aliphatic carbocycles. The molecule has 0 bridgehead atoms. The minimum atomic E-state index is 0.177. The van der Waals surface area contributed by atoms with Crippen LogP contribution < -0.4 is 0 Å². The Morgan fingerprint density at radius 3 is 2.91 bits per heavy atom. The van der Waals surface area contributed by atoms with Crippen molar-refractivity contribution in [2.45, 2.75) is 44.6 Å². The van der Waals surface area contributed by atoms with E-state index in [2.05, 4.69) is 13.5 Å². The van der Waals surface area contributed by atoms with Gasteiger partial charge in [-0.3, -0.25) is 0 Å². The molecule has 0 N–H and O–H groups in total. The number of hydrogen-bond acceptors (Lipinski definition) is 1. The van der Waals surface area contributed by atoms with E-state index in [0.29, 0.717) is 0 Å². The summed E-state index contributed by atoms with van der Waals surface area (Å²) in [5.74, 6) is 0. The second-order valence-electron chi connectivity index (χ2n) is 3.38. The summed E-state index contributed by atoms with van der Waals surface area (Å²) in [5.41, 5.74) is 0.177. The SMILES string of the molecule is C=CCC1(CCC)CCCO1. The van der Waals surface area contributed by atoms with Gasteiger partial charge in [-0.15, -0.1) is 6.58 Å². The predicted octanol–water partition coefficient (Wildman–Crippen LogP) is 2.91. The Morgan fingerprint density at radius 2 is 2.45 bits per heavy atom. The van der Waals surface area contributed by atoms with Crippen molar-refractivity contribution in [1.82, 2.24) is 0 Å². The molecule has 0 amide bonds. The van der Waals surface area contributed by atoms with E-state index in [1.54, 1.807) is 0 Å². The quantitative estimate of drug-likeness (QED) is 0.566. The lowest BCUT2D eigenvalue weighted by Crippen LogP contribution is -2.26. The number of ether oxygens (including phenoxy) is 1. The standard InChI is InChI=1S/C10H18O/c1-3-6-10(7-4-2)8-5-9-11-10/h3H,1,4-9H2,2H3. The lowest BCUT2D eigenvalue weighted by atomic mass is 9.91. The van der Waals surface area contributed by atoms with Crippen molar-refractivity contribution in [3.05, 3.63) is 12.7 Å². The molecule has 0 aromatic heterocycles. The van der Waals surface area contributed by atoms with Gasteiger partial charge in [-0.2, -0.15) is 0 Å². The van der Waals surface area contributed by atoms with Crippen LogP contribution in [0.3, 0.4) is 0 Å². The Hall–Kier alpha value is -0.300. The highest BCUT2D eigenvalue weighted by Crippen LogP contribution is 2.33. The maximum Gasteiger partial charge on any atom is 0.0717 e. The summed E-state index contributed by atoms with van der Waals surface area (Å²) in [6, 6.07) is 0. The van der Waals surface area contributed by atoms with Gasteiger partial charge in [0.25, 0.3) is 0 Å². The van der Waals surface area contributed by atoms with Crippen molar-refractivity contribution in [3.8, 4) is 0 Å². The van der Waals surface area contributed by atoms with Crippen LogP contribution in [0.2, 0.25) is 0 Å². The van der Waals surface area contributed by atoms with Crippen LogP contribution in [0.4, 0.5) is 0 Å². The highest BCUT2D eigenvalue weighted by molar-refractivity contribution is 4.90. The fraction of sp³-hybridized carbons (Fsp3) is 0.800. The zero-order valence-corrected chi connectivity index (χ0v) is 7.44. The van der Waals surface area contributed by atoms with Gasteiger partial charge in [-0.25, -0.2) is 0 Å². The molecule has 11 heavy (non-hydrogen) atoms. The Bertz CT molecular complexity index is 123. The summed E-state index contributed by atoms with van der Waals surface area (Å²) < 4.78 is 5.75. The fourth-order valence-electron chi connectivity index (χ4n) is 1.93. The van der Waals surface area contributed by atoms with Gasteiger partial charge in [0.1, 0.15) is 0 Å². The van der Waals surface area contributed by atoms with E-state index in [0.717, 1.165) is 13.0 Å². The summed E-state index contributed by atoms with van der Waals surface area (Å²) in [6.07, 6.45) is 7.88. The minimum absolute atomic E-state index is 0.177. The van der Waals surface area contributed by atoms with Gasteiger partial charge >= 0.3 is 0 Å². The van der Waals surface area contributed by atoms with Crippen LogP contribution in [0.5, 0.6) is 0 Å². The molecule has 1 fully saturated rings. The molecule has 0 saturated carbocycles. The molecule has 1 unspecified atom stereocenters. The number of rotatable bonds is 4. The third-order valence-corrected chi connectivity index (χ3v) is 2.41. The van der Waals surface area contributed by atoms with Crippen LogP contribution in [0.15, 0.2) is 12.7 Å². The second kappa shape index (κ2) is 3.91. The van der Waals surface area contributed by atoms with Crippen LogP contribution >= 0.6 is 0 Å². The molecule has 1 aliphatic heterocycles. The first-order valence-corrected chi connectivity index (χ1v) is 4.58. The van der Waals surface area contributed by atoms with Crippen LogP contribution in [-0.4, -0.2) is 12.2 Å². The third kappa shape index (κ3) is 2.06. The topological polar surface area (TPSA) is 9.23 Å². The van der Waals surface area contributed by atoms with Gasteiger partial charge < -0.3 is 4.74 Å². The molecule has 0 spiro atoms. The van der Waals surface area contributed by atoms with Gasteiger partial charge in [-0.1, -0.05) is 19.4 Å². The van der Waals surface area contributed by atoms with Crippen molar-refractivity contribution in [3.63, 3.8) is 0 Å². The lowest BCUT2D eigenvalue weighted by Gasteiger charge is -2.26. The Labute approximate surface area is 69.4 Å². The average molecular weight is 154 g/mol. The van der Waals surface area contributed by atoms with Gasteiger partial charge in [0.15, 0.2) is 0 Å². The van der Waals surface area contributed by atoms with Gasteiger partial charge in [0.05, 0.1) is 5.60 Å². The highest BCUT2D eigenvalue weighted by atomic mass is 16.5. The van der Waals surface area contributed by atoms with E-state index in [4.69, 9.17) is 4.74 Å². The highest BCUT2D eigenvalue weighted by Gasteiger charge is 2.32. The smallest absolute Gasteiger partial charge is 0.0717 e. The normalized spacial score (nSPS) is 30.6. The van der Waals surface area contributed by atoms with Crippen molar-refractivity contribution in [2.75, 3.05) is 6.61 Å². The van der Waals surface area contributed by atoms with Crippen molar-refractivity contribution < 1.29 is 4.74 Å². The average Bonchev–Trinajstić information content (AvgIpc) is 2.39. The molecule has 1 nitrogen and oxygen atoms in total. The molecule has 0 aromatic rings. The van der Waals surface area contributed by atoms with E-state index in [1.165, 1.54) is 25.7 Å². The maximum atomic E-state index is 5.75. The molecule has 0 aromatic carbocycles. The lowest BCUT2D eigenvalue weighted by molar-refractivity contribution is -0.000728. The van der Waals surface area contributed by atoms with Crippen LogP contribution in [-0.2, 0) is 4.74 Å². The van der Waals surface area contributed by atoms with Gasteiger partial charge in [0.2, 0.25) is 0 Å². The van der Waals surface area contributed by atoms with Crippen molar-refractivity contribution >= 4 is 0 Å². The Kier molecular flexibility index (Phi) is 3.13. The molecule has 1 rings (SSSR count). The molecule has 64 valence electrons. The van der Waals surface area contributed by atoms with E-state index < -0.39 is 0 Å². The van der Waals surface area contributed by atoms with Crippen molar-refractivity contribution in [2.24, 2.45) is 0 Å². The molecule has 1 heterocycles. The zero-order valence-electron chi connectivity index (χ0n) is 7.44. The first-order valence-electron chi connectivity index (χ1n) is 4.58. The zero-order chi connectivity index (χ0) is 8.16. The summed E-state index contributed by atoms with van der Waals surface area (Å²) in [4.78, 5) is 0. The van der Waals surface area contributed by atoms with E-state index in [9.17, 15) is 0 Å². The van der Waals surface area contributed by atoms with Crippen LogP contribution in [0, 0.1) is 0 Å². The first-order chi connectivity index (χ1) is 5.33. The summed E-state index contributed by atoms with van der Waals surface area (Å²) in [6.45, 7) is 6.94. The summed E-state index contributed by atoms with van der Waals surface area (Å²) >= 11 is 0. The molecule has 1 heteroatoms. The first kappa shape index (κ1) is 8.79. The molecule has 1 atom stereocenters. The second-order valence-corrected chi connectivity index (χ2v) is 3.38. The van der Waals surface area contributed by atoms with Gasteiger partial charge in [0, 0.05) is 6.61 Å². The predicted molar refractivity (Wildman–Crippen MR) is 47.6 cm³/mol. The van der Waals surface area contributed by atoms with Crippen molar-refractivity contribution in [1.29, 1.82) is 0 Å². The Balaban J connectivity index is 2.46. The molecular weight excluding hydrogens is 136 g/mol. The summed E-state index contributed by atoms with van der Waals surface area (Å²) in [5, 5.41) is 0. The molecule has 0 radical (unpaired) electrons. The fourth-order valence-corrected chi connectivity index (χ4v) is 1.93. The monoisotopic (exact) mass is 154 g/mol. The number of hydrogen-bond donors (Lipinski definition) is 0. The van der Waals surface area contributed by atoms with Crippen LogP contribution in [0.1, 0.15) is 39.0 Å². The molecular formula is C10H18O. The third-order valence-electron chi connectivity index (χ3n) is 2.41. The van der Waals surface area contributed by atoms with E-state index >= 15 is 0 Å². The van der Waals surface area contributed by atoms with Gasteiger partial charge in [-0.05, 0) is 25.7 Å². The summed E-state index contributed by atoms with van der Waals surface area (Å²) in [7, 11) is 0. The van der Waals surface area contributed by atoms with E-state index in [1.807, 2.05) is 6.08 Å². The molecule has 1 aliphatic rings. The minimum Gasteiger partial charge on any atom is -0.375 e. The largest absolute Gasteiger partial charge is 0.375 e.